The Bertz CT molecular complexity index is 531. The standard InChI is InChI=1S/C13H15N3O4/c14-7-11-8-16(13(18)20-11)10-3-1-9(2-4-10)15-5-6-19-12(15)17/h1-4,11H,5-8,14H2/t11-/m0/s1. The second-order valence-corrected chi connectivity index (χ2v) is 4.63. The molecule has 0 spiro atoms. The molecule has 1 aromatic rings. The minimum Gasteiger partial charge on any atom is -0.447 e. The van der Waals surface area contributed by atoms with Crippen LogP contribution in [0.1, 0.15) is 0 Å². The Kier molecular flexibility index (Phi) is 3.19. The van der Waals surface area contributed by atoms with Gasteiger partial charge in [-0.05, 0) is 24.3 Å². The molecule has 20 heavy (non-hydrogen) atoms. The molecule has 2 amide bonds. The number of rotatable bonds is 3. The molecule has 0 unspecified atom stereocenters. The fourth-order valence-corrected chi connectivity index (χ4v) is 2.30. The van der Waals surface area contributed by atoms with Crippen LogP contribution in [-0.4, -0.2) is 44.5 Å². The number of nitrogens with two attached hydrogens (primary N) is 1. The molecule has 106 valence electrons. The van der Waals surface area contributed by atoms with Crippen molar-refractivity contribution in [3.05, 3.63) is 24.3 Å². The van der Waals surface area contributed by atoms with Crippen LogP contribution in [0.15, 0.2) is 24.3 Å². The Hall–Kier alpha value is -2.28. The SMILES string of the molecule is NC[C@H]1CN(c2ccc(N3CCOC3=O)cc2)C(=O)O1. The first-order valence-electron chi connectivity index (χ1n) is 6.41. The molecule has 0 aromatic heterocycles. The highest BCUT2D eigenvalue weighted by molar-refractivity contribution is 5.92. The van der Waals surface area contributed by atoms with Crippen LogP contribution >= 0.6 is 0 Å². The van der Waals surface area contributed by atoms with Crippen molar-refractivity contribution in [1.82, 2.24) is 0 Å². The average Bonchev–Trinajstić information content (AvgIpc) is 3.05. The van der Waals surface area contributed by atoms with E-state index < -0.39 is 6.09 Å². The molecule has 2 heterocycles. The van der Waals surface area contributed by atoms with Crippen LogP contribution in [0.25, 0.3) is 0 Å². The Morgan fingerprint density at radius 3 is 2.25 bits per heavy atom. The maximum Gasteiger partial charge on any atom is 0.414 e. The second kappa shape index (κ2) is 5.01. The van der Waals surface area contributed by atoms with Gasteiger partial charge >= 0.3 is 12.2 Å². The van der Waals surface area contributed by atoms with Crippen molar-refractivity contribution in [3.63, 3.8) is 0 Å². The van der Waals surface area contributed by atoms with Crippen LogP contribution in [0, 0.1) is 0 Å². The van der Waals surface area contributed by atoms with E-state index in [1.165, 1.54) is 4.90 Å². The van der Waals surface area contributed by atoms with Gasteiger partial charge in [-0.25, -0.2) is 9.59 Å². The summed E-state index contributed by atoms with van der Waals surface area (Å²) in [5, 5.41) is 0. The van der Waals surface area contributed by atoms with E-state index in [-0.39, 0.29) is 12.2 Å². The second-order valence-electron chi connectivity index (χ2n) is 4.63. The lowest BCUT2D eigenvalue weighted by molar-refractivity contribution is 0.145. The zero-order valence-corrected chi connectivity index (χ0v) is 10.8. The van der Waals surface area contributed by atoms with Crippen molar-refractivity contribution in [2.24, 2.45) is 5.73 Å². The summed E-state index contributed by atoms with van der Waals surface area (Å²) in [6.07, 6.45) is -1.01. The van der Waals surface area contributed by atoms with E-state index in [4.69, 9.17) is 15.2 Å². The molecule has 0 bridgehead atoms. The number of ether oxygens (including phenoxy) is 2. The molecule has 7 heteroatoms. The van der Waals surface area contributed by atoms with Gasteiger partial charge in [0.25, 0.3) is 0 Å². The lowest BCUT2D eigenvalue weighted by Crippen LogP contribution is -2.27. The van der Waals surface area contributed by atoms with Crippen LogP contribution in [-0.2, 0) is 9.47 Å². The van der Waals surface area contributed by atoms with E-state index in [9.17, 15) is 9.59 Å². The van der Waals surface area contributed by atoms with Gasteiger partial charge in [-0.15, -0.1) is 0 Å². The predicted molar refractivity (Wildman–Crippen MR) is 71.8 cm³/mol. The van der Waals surface area contributed by atoms with Crippen molar-refractivity contribution in [3.8, 4) is 0 Å². The topological polar surface area (TPSA) is 85.1 Å². The summed E-state index contributed by atoms with van der Waals surface area (Å²) in [5.41, 5.74) is 6.97. The van der Waals surface area contributed by atoms with Gasteiger partial charge in [0.15, 0.2) is 0 Å². The minimum absolute atomic E-state index is 0.268. The lowest BCUT2D eigenvalue weighted by Gasteiger charge is -2.16. The summed E-state index contributed by atoms with van der Waals surface area (Å²) < 4.78 is 9.99. The van der Waals surface area contributed by atoms with Crippen molar-refractivity contribution >= 4 is 23.6 Å². The highest BCUT2D eigenvalue weighted by Gasteiger charge is 2.31. The summed E-state index contributed by atoms with van der Waals surface area (Å²) in [7, 11) is 0. The molecular weight excluding hydrogens is 262 g/mol. The van der Waals surface area contributed by atoms with Gasteiger partial charge in [0.1, 0.15) is 12.7 Å². The van der Waals surface area contributed by atoms with Gasteiger partial charge in [0.2, 0.25) is 0 Å². The maximum absolute atomic E-state index is 11.7. The Morgan fingerprint density at radius 1 is 1.10 bits per heavy atom. The number of benzene rings is 1. The monoisotopic (exact) mass is 277 g/mol. The van der Waals surface area contributed by atoms with Crippen molar-refractivity contribution in [2.45, 2.75) is 6.10 Å². The molecule has 2 N–H and O–H groups in total. The van der Waals surface area contributed by atoms with Crippen LogP contribution in [0.3, 0.4) is 0 Å². The van der Waals surface area contributed by atoms with E-state index in [2.05, 4.69) is 0 Å². The molecule has 2 saturated heterocycles. The first kappa shape index (κ1) is 12.7. The highest BCUT2D eigenvalue weighted by Crippen LogP contribution is 2.25. The maximum atomic E-state index is 11.7. The molecular formula is C13H15N3O4. The third kappa shape index (κ3) is 2.16. The van der Waals surface area contributed by atoms with Crippen LogP contribution in [0.4, 0.5) is 21.0 Å². The normalized spacial score (nSPS) is 22.1. The highest BCUT2D eigenvalue weighted by atomic mass is 16.6. The molecule has 1 aromatic carbocycles. The number of carbonyl (C=O) groups is 2. The first-order valence-corrected chi connectivity index (χ1v) is 6.41. The van der Waals surface area contributed by atoms with Gasteiger partial charge in [-0.1, -0.05) is 0 Å². The molecule has 2 aliphatic rings. The fraction of sp³-hybridized carbons (Fsp3) is 0.385. The number of carbonyl (C=O) groups excluding carboxylic acids is 2. The molecule has 0 radical (unpaired) electrons. The van der Waals surface area contributed by atoms with E-state index in [0.717, 1.165) is 11.4 Å². The predicted octanol–water partition coefficient (Wildman–Crippen LogP) is 0.927. The van der Waals surface area contributed by atoms with Gasteiger partial charge in [0.05, 0.1) is 13.1 Å². The lowest BCUT2D eigenvalue weighted by atomic mass is 10.2. The molecule has 0 saturated carbocycles. The molecule has 7 nitrogen and oxygen atoms in total. The van der Waals surface area contributed by atoms with Crippen LogP contribution in [0.5, 0.6) is 0 Å². The van der Waals surface area contributed by atoms with Crippen molar-refractivity contribution in [1.29, 1.82) is 0 Å². The van der Waals surface area contributed by atoms with E-state index >= 15 is 0 Å². The third-order valence-corrected chi connectivity index (χ3v) is 3.37. The zero-order chi connectivity index (χ0) is 14.1. The van der Waals surface area contributed by atoms with Crippen molar-refractivity contribution in [2.75, 3.05) is 36.0 Å². The smallest absolute Gasteiger partial charge is 0.414 e. The summed E-state index contributed by atoms with van der Waals surface area (Å²) in [5.74, 6) is 0. The summed E-state index contributed by atoms with van der Waals surface area (Å²) >= 11 is 0. The number of nitrogens with zero attached hydrogens (tertiary/aromatic N) is 2. The first-order chi connectivity index (χ1) is 9.69. The number of cyclic esters (lactones) is 2. The molecule has 1 atom stereocenters. The van der Waals surface area contributed by atoms with E-state index in [1.807, 2.05) is 0 Å². The summed E-state index contributed by atoms with van der Waals surface area (Å²) in [6, 6.07) is 7.12. The van der Waals surface area contributed by atoms with E-state index in [0.29, 0.717) is 26.2 Å². The van der Waals surface area contributed by atoms with Crippen molar-refractivity contribution < 1.29 is 19.1 Å². The minimum atomic E-state index is -0.395. The van der Waals surface area contributed by atoms with Gasteiger partial charge < -0.3 is 15.2 Å². The zero-order valence-electron chi connectivity index (χ0n) is 10.8. The molecule has 0 aliphatic carbocycles. The number of anilines is 2. The van der Waals surface area contributed by atoms with Crippen LogP contribution in [0.2, 0.25) is 0 Å². The Morgan fingerprint density at radius 2 is 1.75 bits per heavy atom. The largest absolute Gasteiger partial charge is 0.447 e. The van der Waals surface area contributed by atoms with Gasteiger partial charge in [0, 0.05) is 17.9 Å². The van der Waals surface area contributed by atoms with Crippen LogP contribution < -0.4 is 15.5 Å². The molecule has 2 fully saturated rings. The number of hydrogen-bond acceptors (Lipinski definition) is 5. The Labute approximate surface area is 115 Å². The fourth-order valence-electron chi connectivity index (χ4n) is 2.30. The van der Waals surface area contributed by atoms with Gasteiger partial charge in [-0.2, -0.15) is 0 Å². The number of hydrogen-bond donors (Lipinski definition) is 1. The quantitative estimate of drug-likeness (QED) is 0.888. The third-order valence-electron chi connectivity index (χ3n) is 3.37. The van der Waals surface area contributed by atoms with E-state index in [1.54, 1.807) is 29.2 Å². The summed E-state index contributed by atoms with van der Waals surface area (Å²) in [6.45, 7) is 1.69. The molecule has 2 aliphatic heterocycles. The Balaban J connectivity index is 1.76. The number of amides is 2. The van der Waals surface area contributed by atoms with Gasteiger partial charge in [-0.3, -0.25) is 9.80 Å². The average molecular weight is 277 g/mol. The summed E-state index contributed by atoms with van der Waals surface area (Å²) in [4.78, 5) is 26.2. The molecule has 3 rings (SSSR count).